The van der Waals surface area contributed by atoms with E-state index in [0.717, 1.165) is 57.8 Å². The van der Waals surface area contributed by atoms with Crippen molar-refractivity contribution in [1.82, 2.24) is 0 Å². The Balaban J connectivity index is 1.60. The lowest BCUT2D eigenvalue weighted by Crippen LogP contribution is -2.68. The molecule has 5 aliphatic rings. The average Bonchev–Trinajstić information content (AvgIpc) is 3.22. The lowest BCUT2D eigenvalue weighted by molar-refractivity contribution is -0.262. The minimum atomic E-state index is -0.414. The van der Waals surface area contributed by atoms with Crippen molar-refractivity contribution in [3.8, 4) is 0 Å². The molecule has 0 radical (unpaired) electrons. The van der Waals surface area contributed by atoms with Gasteiger partial charge in [0.1, 0.15) is 0 Å². The van der Waals surface area contributed by atoms with E-state index in [1.807, 2.05) is 0 Å². The summed E-state index contributed by atoms with van der Waals surface area (Å²) in [6.45, 7) is 16.3. The van der Waals surface area contributed by atoms with Crippen LogP contribution >= 0.6 is 0 Å². The molecule has 5 aliphatic carbocycles. The molecule has 0 heterocycles. The maximum Gasteiger partial charge on any atom is 0.312 e. The number of esters is 1. The number of hydrogen-bond acceptors (Lipinski definition) is 4. The smallest absolute Gasteiger partial charge is 0.312 e. The van der Waals surface area contributed by atoms with Gasteiger partial charge in [-0.1, -0.05) is 39.8 Å². The van der Waals surface area contributed by atoms with Gasteiger partial charge in [-0.3, -0.25) is 4.79 Å². The predicted octanol–water partition coefficient (Wildman–Crippen LogP) is 6.15. The molecule has 0 amide bonds. The largest absolute Gasteiger partial charge is 0.469 e. The highest BCUT2D eigenvalue weighted by atomic mass is 16.5. The van der Waals surface area contributed by atoms with Crippen molar-refractivity contribution in [3.05, 3.63) is 12.2 Å². The standard InChI is InChI=1S/C31H50O4/c1-19(2)20-10-15-30(26(34)35-7)16-17-31(18-32)21(25(20)30)8-9-23-28(5)13-12-24(33)27(3,4)22(28)11-14-29(23,31)6/h20-25,32-33H,1,8-18H2,2-7H3/t20-,21+,22+,23+,24+,25+,28-,29+,30-,31-/m0/s1. The van der Waals surface area contributed by atoms with E-state index in [2.05, 4.69) is 41.2 Å². The molecule has 0 unspecified atom stereocenters. The van der Waals surface area contributed by atoms with Crippen LogP contribution in [0.15, 0.2) is 12.2 Å². The molecule has 0 bridgehead atoms. The Morgan fingerprint density at radius 2 is 1.66 bits per heavy atom. The van der Waals surface area contributed by atoms with E-state index in [-0.39, 0.29) is 46.3 Å². The van der Waals surface area contributed by atoms with Crippen LogP contribution in [0.5, 0.6) is 0 Å². The third-order valence-electron chi connectivity index (χ3n) is 13.6. The number of fused-ring (bicyclic) bond motifs is 7. The molecule has 0 aromatic carbocycles. The fourth-order valence-electron chi connectivity index (χ4n) is 11.8. The number of rotatable bonds is 3. The van der Waals surface area contributed by atoms with Gasteiger partial charge in [-0.15, -0.1) is 0 Å². The Morgan fingerprint density at radius 1 is 0.943 bits per heavy atom. The molecule has 0 spiro atoms. The summed E-state index contributed by atoms with van der Waals surface area (Å²) in [7, 11) is 1.55. The molecule has 198 valence electrons. The van der Waals surface area contributed by atoms with Crippen LogP contribution in [0.4, 0.5) is 0 Å². The van der Waals surface area contributed by atoms with Crippen molar-refractivity contribution in [1.29, 1.82) is 0 Å². The van der Waals surface area contributed by atoms with Gasteiger partial charge in [0.2, 0.25) is 0 Å². The lowest BCUT2D eigenvalue weighted by atomic mass is 9.32. The van der Waals surface area contributed by atoms with Crippen molar-refractivity contribution < 1.29 is 19.7 Å². The van der Waals surface area contributed by atoms with E-state index >= 15 is 0 Å². The number of carbonyl (C=O) groups is 1. The van der Waals surface area contributed by atoms with Crippen LogP contribution in [0, 0.1) is 56.7 Å². The first kappa shape index (κ1) is 25.8. The molecule has 0 aromatic heterocycles. The third-order valence-corrected chi connectivity index (χ3v) is 13.6. The molecule has 2 N–H and O–H groups in total. The Morgan fingerprint density at radius 3 is 2.29 bits per heavy atom. The number of hydrogen-bond donors (Lipinski definition) is 2. The van der Waals surface area contributed by atoms with Crippen molar-refractivity contribution >= 4 is 5.97 Å². The highest BCUT2D eigenvalue weighted by Crippen LogP contribution is 2.77. The summed E-state index contributed by atoms with van der Waals surface area (Å²) in [6.07, 6.45) is 9.88. The molecule has 0 aromatic rings. The summed E-state index contributed by atoms with van der Waals surface area (Å²) in [5.74, 6) is 1.91. The summed E-state index contributed by atoms with van der Waals surface area (Å²) in [6, 6.07) is 0. The molecule has 0 aliphatic heterocycles. The van der Waals surface area contributed by atoms with E-state index in [1.54, 1.807) is 7.11 Å². The molecule has 35 heavy (non-hydrogen) atoms. The minimum Gasteiger partial charge on any atom is -0.469 e. The molecule has 4 heteroatoms. The predicted molar refractivity (Wildman–Crippen MR) is 138 cm³/mol. The minimum absolute atomic E-state index is 0.0243. The molecule has 5 saturated carbocycles. The average molecular weight is 487 g/mol. The lowest BCUT2D eigenvalue weighted by Gasteiger charge is -2.73. The Hall–Kier alpha value is -0.870. The Bertz CT molecular complexity index is 894. The van der Waals surface area contributed by atoms with Crippen LogP contribution in [-0.2, 0) is 9.53 Å². The zero-order chi connectivity index (χ0) is 25.6. The number of allylic oxidation sites excluding steroid dienone is 1. The number of carbonyl (C=O) groups excluding carboxylic acids is 1. The van der Waals surface area contributed by atoms with Crippen LogP contribution in [0.2, 0.25) is 0 Å². The summed E-state index contributed by atoms with van der Waals surface area (Å²) >= 11 is 0. The van der Waals surface area contributed by atoms with Gasteiger partial charge in [0.25, 0.3) is 0 Å². The van der Waals surface area contributed by atoms with E-state index in [4.69, 9.17) is 4.74 Å². The fourth-order valence-corrected chi connectivity index (χ4v) is 11.8. The summed E-state index contributed by atoms with van der Waals surface area (Å²) in [4.78, 5) is 13.4. The normalized spacial score (nSPS) is 52.5. The second-order valence-electron chi connectivity index (χ2n) is 14.6. The van der Waals surface area contributed by atoms with Gasteiger partial charge in [0.15, 0.2) is 0 Å². The van der Waals surface area contributed by atoms with Gasteiger partial charge in [-0.25, -0.2) is 0 Å². The topological polar surface area (TPSA) is 66.8 Å². The van der Waals surface area contributed by atoms with Gasteiger partial charge >= 0.3 is 5.97 Å². The highest BCUT2D eigenvalue weighted by Gasteiger charge is 2.73. The molecule has 5 rings (SSSR count). The SMILES string of the molecule is C=C(C)[C@@H]1CC[C@]2(C(=O)OC)CC[C@]3(CO)[C@H](CC[C@@H]4[C@@]5(C)CC[C@@H](O)C(C)(C)[C@H]5CC[C@]43C)[C@@H]12. The number of ether oxygens (including phenoxy) is 1. The van der Waals surface area contributed by atoms with Crippen molar-refractivity contribution in [3.63, 3.8) is 0 Å². The Kier molecular flexibility index (Phi) is 5.94. The monoisotopic (exact) mass is 486 g/mol. The third kappa shape index (κ3) is 3.02. The zero-order valence-electron chi connectivity index (χ0n) is 23.2. The quantitative estimate of drug-likeness (QED) is 0.371. The second-order valence-corrected chi connectivity index (χ2v) is 14.6. The summed E-state index contributed by atoms with van der Waals surface area (Å²) in [5.41, 5.74) is 0.774. The van der Waals surface area contributed by atoms with Gasteiger partial charge < -0.3 is 14.9 Å². The molecule has 0 saturated heterocycles. The number of aliphatic hydroxyl groups excluding tert-OH is 2. The van der Waals surface area contributed by atoms with Crippen molar-refractivity contribution in [2.75, 3.05) is 13.7 Å². The van der Waals surface area contributed by atoms with Gasteiger partial charge in [0.05, 0.1) is 18.6 Å². The van der Waals surface area contributed by atoms with Crippen LogP contribution in [0.3, 0.4) is 0 Å². The maximum atomic E-state index is 13.4. The summed E-state index contributed by atoms with van der Waals surface area (Å²) < 4.78 is 5.47. The fraction of sp³-hybridized carbons (Fsp3) is 0.903. The number of aliphatic hydroxyl groups is 2. The van der Waals surface area contributed by atoms with Crippen LogP contribution in [-0.4, -0.2) is 36.0 Å². The summed E-state index contributed by atoms with van der Waals surface area (Å²) in [5, 5.41) is 22.3. The first-order valence-corrected chi connectivity index (χ1v) is 14.4. The first-order chi connectivity index (χ1) is 16.4. The number of methoxy groups -OCH3 is 1. The Labute approximate surface area is 213 Å². The van der Waals surface area contributed by atoms with E-state index in [9.17, 15) is 15.0 Å². The molecule has 4 nitrogen and oxygen atoms in total. The van der Waals surface area contributed by atoms with E-state index in [0.29, 0.717) is 23.7 Å². The van der Waals surface area contributed by atoms with Crippen molar-refractivity contribution in [2.45, 2.75) is 105 Å². The second kappa shape index (κ2) is 8.06. The molecular formula is C31H50O4. The maximum absolute atomic E-state index is 13.4. The molecule has 5 fully saturated rings. The van der Waals surface area contributed by atoms with Crippen LogP contribution in [0.25, 0.3) is 0 Å². The first-order valence-electron chi connectivity index (χ1n) is 14.4. The van der Waals surface area contributed by atoms with Crippen LogP contribution < -0.4 is 0 Å². The van der Waals surface area contributed by atoms with E-state index < -0.39 is 5.41 Å². The molecule has 10 atom stereocenters. The highest BCUT2D eigenvalue weighted by molar-refractivity contribution is 5.78. The molecular weight excluding hydrogens is 436 g/mol. The van der Waals surface area contributed by atoms with Gasteiger partial charge in [-0.05, 0) is 117 Å². The van der Waals surface area contributed by atoms with E-state index in [1.165, 1.54) is 12.0 Å². The van der Waals surface area contributed by atoms with Gasteiger partial charge in [0, 0.05) is 12.0 Å². The zero-order valence-corrected chi connectivity index (χ0v) is 23.2. The van der Waals surface area contributed by atoms with Crippen molar-refractivity contribution in [2.24, 2.45) is 56.7 Å². The van der Waals surface area contributed by atoms with Gasteiger partial charge in [-0.2, -0.15) is 0 Å². The van der Waals surface area contributed by atoms with Crippen LogP contribution in [0.1, 0.15) is 98.8 Å².